The fraction of sp³-hybridized carbons (Fsp3) is 1.00. The van der Waals surface area contributed by atoms with Crippen molar-refractivity contribution in [2.24, 2.45) is 0 Å². The lowest BCUT2D eigenvalue weighted by molar-refractivity contribution is -0.211. The Bertz CT molecular complexity index is 80.8. The van der Waals surface area contributed by atoms with Gasteiger partial charge in [0.15, 0.2) is 0 Å². The Kier molecular flexibility index (Phi) is 4.61. The number of halogens is 3. The maximum absolute atomic E-state index is 11.3. The van der Waals surface area contributed by atoms with Gasteiger partial charge in [-0.1, -0.05) is 26.9 Å². The Balaban J connectivity index is 3.87. The van der Waals surface area contributed by atoms with Crippen LogP contribution in [-0.4, -0.2) is 8.80 Å². The number of hydrogen-bond donors (Lipinski definition) is 0. The van der Waals surface area contributed by atoms with E-state index >= 15 is 0 Å². The Hall–Kier alpha value is -0.113. The van der Waals surface area contributed by atoms with Gasteiger partial charge in [-0.05, 0) is 0 Å². The number of rotatable bonds is 5. The Morgan fingerprint density at radius 1 is 1.10 bits per heavy atom. The highest BCUT2D eigenvalue weighted by Gasteiger charge is 2.46. The van der Waals surface area contributed by atoms with Crippen LogP contribution in [0.25, 0.3) is 0 Å². The normalized spacial score (nSPS) is 12.0. The molecule has 0 radical (unpaired) electrons. The van der Waals surface area contributed by atoms with Gasteiger partial charge < -0.3 is 0 Å². The van der Waals surface area contributed by atoms with Crippen molar-refractivity contribution >= 4 is 8.80 Å². The third-order valence-electron chi connectivity index (χ3n) is 0.909. The predicted octanol–water partition coefficient (Wildman–Crippen LogP) is 2.04. The lowest BCUT2D eigenvalue weighted by atomic mass is 10.6. The molecule has 0 aromatic carbocycles. The van der Waals surface area contributed by atoms with Gasteiger partial charge in [0, 0.05) is 6.04 Å². The van der Waals surface area contributed by atoms with E-state index in [2.05, 4.69) is 13.9 Å². The molecule has 0 rings (SSSR count). The molecule has 0 fully saturated rings. The molecule has 62 valence electrons. The quantitative estimate of drug-likeness (QED) is 0.600. The van der Waals surface area contributed by atoms with Crippen molar-refractivity contribution in [3.05, 3.63) is 0 Å². The zero-order chi connectivity index (χ0) is 8.04. The molecule has 0 aromatic heterocycles. The van der Waals surface area contributed by atoms with Crippen molar-refractivity contribution in [1.82, 2.24) is 0 Å². The molecular formula is C3H7F3O3Si. The standard InChI is InChI=1S/C3H7F3O3Si/c1-2-3-10(7-4,8-5)9-6/h2-3H2,1H3. The summed E-state index contributed by atoms with van der Waals surface area (Å²) in [6.45, 7) is 1.58. The van der Waals surface area contributed by atoms with Crippen LogP contribution in [0.4, 0.5) is 13.6 Å². The van der Waals surface area contributed by atoms with Crippen LogP contribution in [0.3, 0.4) is 0 Å². The summed E-state index contributed by atoms with van der Waals surface area (Å²) in [6.07, 6.45) is 0.310. The summed E-state index contributed by atoms with van der Waals surface area (Å²) < 4.78 is 42.8. The second kappa shape index (κ2) is 4.66. The lowest BCUT2D eigenvalue weighted by Gasteiger charge is -2.12. The molecule has 0 saturated carbocycles. The van der Waals surface area contributed by atoms with Crippen molar-refractivity contribution in [3.63, 3.8) is 0 Å². The molecular weight excluding hydrogens is 169 g/mol. The van der Waals surface area contributed by atoms with E-state index in [-0.39, 0.29) is 6.04 Å². The minimum Gasteiger partial charge on any atom is -0.174 e. The molecule has 0 spiro atoms. The maximum Gasteiger partial charge on any atom is 0.601 e. The molecule has 0 unspecified atom stereocenters. The molecule has 0 atom stereocenters. The van der Waals surface area contributed by atoms with Crippen molar-refractivity contribution < 1.29 is 27.5 Å². The van der Waals surface area contributed by atoms with Crippen LogP contribution in [0, 0.1) is 0 Å². The van der Waals surface area contributed by atoms with Crippen molar-refractivity contribution in [1.29, 1.82) is 0 Å². The first kappa shape index (κ1) is 9.89. The highest BCUT2D eigenvalue weighted by atomic mass is 28.4. The third-order valence-corrected chi connectivity index (χ3v) is 2.73. The van der Waals surface area contributed by atoms with Crippen LogP contribution in [0.1, 0.15) is 13.3 Å². The average Bonchev–Trinajstić information content (AvgIpc) is 2.01. The maximum atomic E-state index is 11.3. The van der Waals surface area contributed by atoms with Crippen LogP contribution in [0.5, 0.6) is 0 Å². The van der Waals surface area contributed by atoms with Gasteiger partial charge >= 0.3 is 8.80 Å². The average molecular weight is 176 g/mol. The molecule has 7 heteroatoms. The van der Waals surface area contributed by atoms with E-state index in [9.17, 15) is 13.6 Å². The summed E-state index contributed by atoms with van der Waals surface area (Å²) >= 11 is 0. The summed E-state index contributed by atoms with van der Waals surface area (Å²) in [5.41, 5.74) is 0. The van der Waals surface area contributed by atoms with Gasteiger partial charge in [-0.2, -0.15) is 13.9 Å². The van der Waals surface area contributed by atoms with Crippen LogP contribution in [0.15, 0.2) is 0 Å². The third kappa shape index (κ3) is 2.25. The Labute approximate surface area is 56.8 Å². The van der Waals surface area contributed by atoms with Gasteiger partial charge in [0.05, 0.1) is 0 Å². The van der Waals surface area contributed by atoms with Gasteiger partial charge in [0.2, 0.25) is 0 Å². The zero-order valence-corrected chi connectivity index (χ0v) is 6.27. The van der Waals surface area contributed by atoms with Gasteiger partial charge in [-0.15, -0.1) is 0 Å². The van der Waals surface area contributed by atoms with Crippen molar-refractivity contribution in [2.75, 3.05) is 0 Å². The monoisotopic (exact) mass is 176 g/mol. The molecule has 0 aromatic rings. The first-order valence-electron chi connectivity index (χ1n) is 2.64. The van der Waals surface area contributed by atoms with E-state index in [1.165, 1.54) is 0 Å². The lowest BCUT2D eigenvalue weighted by Crippen LogP contribution is -2.38. The second-order valence-electron chi connectivity index (χ2n) is 1.66. The van der Waals surface area contributed by atoms with Gasteiger partial charge in [0.1, 0.15) is 0 Å². The fourth-order valence-electron chi connectivity index (χ4n) is 0.458. The summed E-state index contributed by atoms with van der Waals surface area (Å²) in [4.78, 5) is 0. The van der Waals surface area contributed by atoms with Crippen molar-refractivity contribution in [2.45, 2.75) is 19.4 Å². The topological polar surface area (TPSA) is 27.7 Å². The van der Waals surface area contributed by atoms with E-state index in [1.54, 1.807) is 6.92 Å². The molecule has 0 aliphatic carbocycles. The summed E-state index contributed by atoms with van der Waals surface area (Å²) in [5, 5.41) is 0. The second-order valence-corrected chi connectivity index (χ2v) is 3.99. The van der Waals surface area contributed by atoms with E-state index in [0.29, 0.717) is 6.42 Å². The molecule has 0 heterocycles. The Morgan fingerprint density at radius 2 is 1.50 bits per heavy atom. The van der Waals surface area contributed by atoms with Crippen LogP contribution in [-0.2, 0) is 13.9 Å². The minimum atomic E-state index is -4.22. The minimum absolute atomic E-state index is 0.240. The van der Waals surface area contributed by atoms with E-state index < -0.39 is 8.80 Å². The number of hydrogen-bond acceptors (Lipinski definition) is 3. The molecule has 0 N–H and O–H groups in total. The largest absolute Gasteiger partial charge is 0.601 e. The van der Waals surface area contributed by atoms with Crippen LogP contribution >= 0.6 is 0 Å². The summed E-state index contributed by atoms with van der Waals surface area (Å²) in [6, 6.07) is -0.240. The van der Waals surface area contributed by atoms with E-state index in [1.807, 2.05) is 0 Å². The molecule has 0 saturated heterocycles. The first-order chi connectivity index (χ1) is 4.74. The Morgan fingerprint density at radius 3 is 1.60 bits per heavy atom. The SMILES string of the molecule is CCC[Si](OF)(OF)OF. The van der Waals surface area contributed by atoms with Gasteiger partial charge in [0.25, 0.3) is 0 Å². The molecule has 0 aliphatic rings. The zero-order valence-electron chi connectivity index (χ0n) is 5.27. The fourth-order valence-corrected chi connectivity index (χ4v) is 1.37. The van der Waals surface area contributed by atoms with Gasteiger partial charge in [-0.25, -0.2) is 0 Å². The summed E-state index contributed by atoms with van der Waals surface area (Å²) in [5.74, 6) is 0. The van der Waals surface area contributed by atoms with Crippen LogP contribution in [0.2, 0.25) is 6.04 Å². The highest BCUT2D eigenvalue weighted by Crippen LogP contribution is 2.18. The van der Waals surface area contributed by atoms with Gasteiger partial charge in [-0.3, -0.25) is 0 Å². The highest BCUT2D eigenvalue weighted by molar-refractivity contribution is 6.59. The molecule has 0 amide bonds. The van der Waals surface area contributed by atoms with E-state index in [4.69, 9.17) is 0 Å². The molecule has 10 heavy (non-hydrogen) atoms. The predicted molar refractivity (Wildman–Crippen MR) is 27.4 cm³/mol. The van der Waals surface area contributed by atoms with Crippen LogP contribution < -0.4 is 0 Å². The first-order valence-corrected chi connectivity index (χ1v) is 4.57. The van der Waals surface area contributed by atoms with Crippen molar-refractivity contribution in [3.8, 4) is 0 Å². The summed E-state index contributed by atoms with van der Waals surface area (Å²) in [7, 11) is -4.22. The molecule has 0 bridgehead atoms. The smallest absolute Gasteiger partial charge is 0.174 e. The van der Waals surface area contributed by atoms with E-state index in [0.717, 1.165) is 0 Å². The molecule has 0 aliphatic heterocycles. The molecule has 3 nitrogen and oxygen atoms in total.